The Hall–Kier alpha value is -2.57. The molecule has 2 aliphatic carbocycles. The molecule has 4 atom stereocenters. The van der Waals surface area contributed by atoms with E-state index in [0.717, 1.165) is 63.7 Å². The highest BCUT2D eigenvalue weighted by Crippen LogP contribution is 2.50. The lowest BCUT2D eigenvalue weighted by Crippen LogP contribution is -2.37. The first-order valence-corrected chi connectivity index (χ1v) is 15.9. The summed E-state index contributed by atoms with van der Waals surface area (Å²) in [5.74, 6) is 0.827. The Bertz CT molecular complexity index is 1300. The number of carboxylic acids is 1. The molecule has 3 fully saturated rings. The Morgan fingerprint density at radius 2 is 1.85 bits per heavy atom. The molecule has 0 amide bonds. The summed E-state index contributed by atoms with van der Waals surface area (Å²) in [6, 6.07) is 17.6. The SMILES string of the molecule is Cc1nc(Cc2ccccc2)sc1C1CCN(CC2CC([C@H](CC3CC3)C(=O)O)CC2c2cccc(F)c2)CC1. The molecule has 212 valence electrons. The van der Waals surface area contributed by atoms with Crippen LogP contribution in [0.15, 0.2) is 54.6 Å². The average Bonchev–Trinajstić information content (AvgIpc) is 3.57. The topological polar surface area (TPSA) is 53.4 Å². The smallest absolute Gasteiger partial charge is 0.306 e. The lowest BCUT2D eigenvalue weighted by Gasteiger charge is -2.35. The molecule has 1 aromatic heterocycles. The van der Waals surface area contributed by atoms with Crippen molar-refractivity contribution in [3.63, 3.8) is 0 Å². The van der Waals surface area contributed by atoms with Crippen LogP contribution in [0.2, 0.25) is 0 Å². The molecule has 0 spiro atoms. The zero-order valence-corrected chi connectivity index (χ0v) is 24.3. The summed E-state index contributed by atoms with van der Waals surface area (Å²) in [5.41, 5.74) is 3.54. The second kappa shape index (κ2) is 12.1. The van der Waals surface area contributed by atoms with Gasteiger partial charge in [-0.1, -0.05) is 55.3 Å². The number of carbonyl (C=O) groups is 1. The van der Waals surface area contributed by atoms with Crippen molar-refractivity contribution in [3.05, 3.63) is 87.1 Å². The van der Waals surface area contributed by atoms with Crippen molar-refractivity contribution in [3.8, 4) is 0 Å². The average molecular weight is 561 g/mol. The number of piperidine rings is 1. The molecule has 2 aromatic carbocycles. The predicted octanol–water partition coefficient (Wildman–Crippen LogP) is 7.67. The zero-order chi connectivity index (χ0) is 27.6. The van der Waals surface area contributed by atoms with Crippen LogP contribution in [0.1, 0.15) is 83.5 Å². The maximum atomic E-state index is 14.2. The summed E-state index contributed by atoms with van der Waals surface area (Å²) >= 11 is 1.89. The third-order valence-corrected chi connectivity index (χ3v) is 11.0. The lowest BCUT2D eigenvalue weighted by molar-refractivity contribution is -0.144. The summed E-state index contributed by atoms with van der Waals surface area (Å²) in [4.78, 5) is 21.2. The van der Waals surface area contributed by atoms with Crippen molar-refractivity contribution >= 4 is 17.3 Å². The van der Waals surface area contributed by atoms with Crippen LogP contribution >= 0.6 is 11.3 Å². The highest BCUT2D eigenvalue weighted by molar-refractivity contribution is 7.11. The molecule has 40 heavy (non-hydrogen) atoms. The lowest BCUT2D eigenvalue weighted by atomic mass is 9.85. The molecule has 3 aromatic rings. The third kappa shape index (κ3) is 6.49. The van der Waals surface area contributed by atoms with Gasteiger partial charge in [-0.2, -0.15) is 0 Å². The minimum atomic E-state index is -0.636. The number of thiazole rings is 1. The maximum Gasteiger partial charge on any atom is 0.306 e. The van der Waals surface area contributed by atoms with Gasteiger partial charge >= 0.3 is 5.97 Å². The van der Waals surface area contributed by atoms with Crippen LogP contribution in [0, 0.1) is 36.4 Å². The summed E-state index contributed by atoms with van der Waals surface area (Å²) in [6.07, 6.45) is 8.12. The van der Waals surface area contributed by atoms with E-state index in [1.54, 1.807) is 6.07 Å². The van der Waals surface area contributed by atoms with Crippen molar-refractivity contribution < 1.29 is 14.3 Å². The van der Waals surface area contributed by atoms with E-state index < -0.39 is 5.97 Å². The Kier molecular flexibility index (Phi) is 8.36. The quantitative estimate of drug-likeness (QED) is 0.276. The second-order valence-electron chi connectivity index (χ2n) is 12.6. The molecule has 3 aliphatic rings. The van der Waals surface area contributed by atoms with Crippen molar-refractivity contribution in [1.29, 1.82) is 0 Å². The van der Waals surface area contributed by atoms with Gasteiger partial charge in [0.15, 0.2) is 0 Å². The standard InChI is InChI=1S/C34H41FN2O2S/c1-22-33(40-32(36-22)17-23-6-3-2-4-7-23)25-12-14-37(15-13-25)21-28-18-27(31(34(38)39)16-24-10-11-24)20-30(28)26-8-5-9-29(35)19-26/h2-9,19,24-25,27-28,30-31H,10-18,20-21H2,1H3,(H,38,39)/t27?,28?,30?,31-/m0/s1. The minimum absolute atomic E-state index is 0.178. The van der Waals surface area contributed by atoms with Crippen LogP contribution < -0.4 is 0 Å². The van der Waals surface area contributed by atoms with Gasteiger partial charge < -0.3 is 10.0 Å². The molecule has 3 unspecified atom stereocenters. The summed E-state index contributed by atoms with van der Waals surface area (Å²) < 4.78 is 14.2. The van der Waals surface area contributed by atoms with E-state index in [2.05, 4.69) is 42.2 Å². The highest BCUT2D eigenvalue weighted by Gasteiger charge is 2.43. The molecular weight excluding hydrogens is 519 g/mol. The Labute approximate surface area is 241 Å². The van der Waals surface area contributed by atoms with Crippen molar-refractivity contribution in [2.45, 2.75) is 70.1 Å². The van der Waals surface area contributed by atoms with E-state index in [-0.39, 0.29) is 23.6 Å². The first kappa shape index (κ1) is 27.6. The van der Waals surface area contributed by atoms with Crippen LogP contribution in [-0.2, 0) is 11.2 Å². The predicted molar refractivity (Wildman–Crippen MR) is 158 cm³/mol. The Balaban J connectivity index is 1.11. The number of carboxylic acid groups (broad SMARTS) is 1. The highest BCUT2D eigenvalue weighted by atomic mass is 32.1. The molecule has 6 heteroatoms. The van der Waals surface area contributed by atoms with Gasteiger partial charge in [0.25, 0.3) is 0 Å². The Morgan fingerprint density at radius 1 is 1.07 bits per heavy atom. The van der Waals surface area contributed by atoms with Gasteiger partial charge in [0, 0.05) is 17.8 Å². The molecule has 1 aliphatic heterocycles. The summed E-state index contributed by atoms with van der Waals surface area (Å²) in [7, 11) is 0. The number of hydrogen-bond donors (Lipinski definition) is 1. The first-order chi connectivity index (χ1) is 19.4. The minimum Gasteiger partial charge on any atom is -0.481 e. The molecular formula is C34H41FN2O2S. The van der Waals surface area contributed by atoms with Crippen molar-refractivity contribution in [2.75, 3.05) is 19.6 Å². The molecule has 0 radical (unpaired) electrons. The van der Waals surface area contributed by atoms with Gasteiger partial charge in [-0.05, 0) is 105 Å². The number of benzene rings is 2. The van der Waals surface area contributed by atoms with Crippen LogP contribution in [0.25, 0.3) is 0 Å². The number of hydrogen-bond acceptors (Lipinski definition) is 4. The van der Waals surface area contributed by atoms with E-state index in [9.17, 15) is 14.3 Å². The fraction of sp³-hybridized carbons (Fsp3) is 0.529. The van der Waals surface area contributed by atoms with Gasteiger partial charge in [0.1, 0.15) is 5.82 Å². The fourth-order valence-corrected chi connectivity index (χ4v) is 8.72. The van der Waals surface area contributed by atoms with Gasteiger partial charge in [0.05, 0.1) is 16.6 Å². The van der Waals surface area contributed by atoms with Crippen molar-refractivity contribution in [2.24, 2.45) is 23.7 Å². The van der Waals surface area contributed by atoms with Crippen LogP contribution in [-0.4, -0.2) is 40.6 Å². The summed E-state index contributed by atoms with van der Waals surface area (Å²) in [5, 5.41) is 11.3. The van der Waals surface area contributed by atoms with Gasteiger partial charge in [0.2, 0.25) is 0 Å². The molecule has 1 saturated heterocycles. The number of nitrogens with zero attached hydrogens (tertiary/aromatic N) is 2. The van der Waals surface area contributed by atoms with Crippen LogP contribution in [0.3, 0.4) is 0 Å². The third-order valence-electron chi connectivity index (χ3n) is 9.70. The van der Waals surface area contributed by atoms with E-state index in [0.29, 0.717) is 17.8 Å². The van der Waals surface area contributed by atoms with Gasteiger partial charge in [-0.25, -0.2) is 9.37 Å². The van der Waals surface area contributed by atoms with Gasteiger partial charge in [-0.15, -0.1) is 11.3 Å². The van der Waals surface area contributed by atoms with E-state index in [4.69, 9.17) is 4.98 Å². The normalized spacial score (nSPS) is 24.8. The number of aromatic nitrogens is 1. The largest absolute Gasteiger partial charge is 0.481 e. The number of aliphatic carboxylic acids is 1. The zero-order valence-electron chi connectivity index (χ0n) is 23.5. The van der Waals surface area contributed by atoms with E-state index >= 15 is 0 Å². The molecule has 4 nitrogen and oxygen atoms in total. The fourth-order valence-electron chi connectivity index (χ4n) is 7.45. The first-order valence-electron chi connectivity index (χ1n) is 15.1. The molecule has 0 bridgehead atoms. The van der Waals surface area contributed by atoms with Gasteiger partial charge in [-0.3, -0.25) is 4.79 Å². The van der Waals surface area contributed by atoms with E-state index in [1.807, 2.05) is 23.5 Å². The second-order valence-corrected chi connectivity index (χ2v) is 13.7. The summed E-state index contributed by atoms with van der Waals surface area (Å²) in [6.45, 7) is 5.24. The maximum absolute atomic E-state index is 14.2. The number of rotatable bonds is 10. The molecule has 6 rings (SSSR count). The number of halogens is 1. The Morgan fingerprint density at radius 3 is 2.55 bits per heavy atom. The van der Waals surface area contributed by atoms with Crippen LogP contribution in [0.5, 0.6) is 0 Å². The monoisotopic (exact) mass is 560 g/mol. The van der Waals surface area contributed by atoms with Crippen molar-refractivity contribution in [1.82, 2.24) is 9.88 Å². The van der Waals surface area contributed by atoms with E-state index in [1.165, 1.54) is 40.1 Å². The number of aryl methyl sites for hydroxylation is 1. The van der Waals surface area contributed by atoms with Crippen LogP contribution in [0.4, 0.5) is 4.39 Å². The molecule has 2 heterocycles. The molecule has 2 saturated carbocycles. The molecule has 1 N–H and O–H groups in total. The number of likely N-dealkylation sites (tertiary alicyclic amines) is 1.